The van der Waals surface area contributed by atoms with E-state index in [0.29, 0.717) is 0 Å². The zero-order valence-electron chi connectivity index (χ0n) is 6.48. The topological polar surface area (TPSA) is 43.1 Å². The SMILES string of the molecule is NCC(=O)c1ccc(Br)c(F)c1F. The van der Waals surface area contributed by atoms with Gasteiger partial charge in [0.1, 0.15) is 0 Å². The van der Waals surface area contributed by atoms with Gasteiger partial charge in [0.2, 0.25) is 0 Å². The quantitative estimate of drug-likeness (QED) is 0.643. The van der Waals surface area contributed by atoms with Crippen molar-refractivity contribution in [1.82, 2.24) is 0 Å². The minimum atomic E-state index is -1.16. The van der Waals surface area contributed by atoms with E-state index in [2.05, 4.69) is 15.9 Å². The molecule has 0 saturated carbocycles. The van der Waals surface area contributed by atoms with E-state index in [9.17, 15) is 13.6 Å². The Morgan fingerprint density at radius 3 is 2.54 bits per heavy atom. The van der Waals surface area contributed by atoms with Gasteiger partial charge in [-0.1, -0.05) is 0 Å². The zero-order valence-corrected chi connectivity index (χ0v) is 8.07. The molecule has 0 aromatic heterocycles. The number of nitrogens with two attached hydrogens (primary N) is 1. The lowest BCUT2D eigenvalue weighted by atomic mass is 10.1. The van der Waals surface area contributed by atoms with E-state index in [1.807, 2.05) is 0 Å². The number of rotatable bonds is 2. The number of ketones is 1. The number of carbonyl (C=O) groups excluding carboxylic acids is 1. The fourth-order valence-corrected chi connectivity index (χ4v) is 1.16. The third-order valence-corrected chi connectivity index (χ3v) is 2.13. The van der Waals surface area contributed by atoms with Crippen LogP contribution in [0.5, 0.6) is 0 Å². The lowest BCUT2D eigenvalue weighted by Gasteiger charge is -2.02. The van der Waals surface area contributed by atoms with Gasteiger partial charge in [-0.05, 0) is 28.1 Å². The lowest BCUT2D eigenvalue weighted by Crippen LogP contribution is -2.15. The molecule has 0 aliphatic heterocycles. The number of halogens is 3. The van der Waals surface area contributed by atoms with Crippen LogP contribution in [0.4, 0.5) is 8.78 Å². The van der Waals surface area contributed by atoms with Gasteiger partial charge in [-0.25, -0.2) is 8.78 Å². The highest BCUT2D eigenvalue weighted by Gasteiger charge is 2.15. The molecule has 5 heteroatoms. The van der Waals surface area contributed by atoms with Gasteiger partial charge in [0.25, 0.3) is 0 Å². The molecule has 1 aromatic carbocycles. The number of benzene rings is 1. The van der Waals surface area contributed by atoms with Gasteiger partial charge in [-0.3, -0.25) is 4.79 Å². The molecule has 0 fully saturated rings. The average molecular weight is 250 g/mol. The predicted octanol–water partition coefficient (Wildman–Crippen LogP) is 1.87. The summed E-state index contributed by atoms with van der Waals surface area (Å²) in [5.41, 5.74) is 4.69. The van der Waals surface area contributed by atoms with Crippen LogP contribution in [0, 0.1) is 11.6 Å². The largest absolute Gasteiger partial charge is 0.324 e. The van der Waals surface area contributed by atoms with Crippen LogP contribution in [0.3, 0.4) is 0 Å². The molecular weight excluding hydrogens is 244 g/mol. The minimum absolute atomic E-state index is 0.0152. The van der Waals surface area contributed by atoms with E-state index >= 15 is 0 Å². The molecule has 0 atom stereocenters. The van der Waals surface area contributed by atoms with Crippen LogP contribution in [-0.2, 0) is 0 Å². The summed E-state index contributed by atoms with van der Waals surface area (Å²) in [5, 5.41) is 0. The summed E-state index contributed by atoms with van der Waals surface area (Å²) in [6, 6.07) is 2.46. The minimum Gasteiger partial charge on any atom is -0.324 e. The molecule has 13 heavy (non-hydrogen) atoms. The summed E-state index contributed by atoms with van der Waals surface area (Å²) in [5.74, 6) is -2.85. The number of hydrogen-bond acceptors (Lipinski definition) is 2. The Morgan fingerprint density at radius 2 is 2.00 bits per heavy atom. The first-order chi connectivity index (χ1) is 6.07. The van der Waals surface area contributed by atoms with Gasteiger partial charge in [-0.2, -0.15) is 0 Å². The summed E-state index contributed by atoms with van der Waals surface area (Å²) < 4.78 is 25.9. The van der Waals surface area contributed by atoms with Crippen LogP contribution in [0.15, 0.2) is 16.6 Å². The van der Waals surface area contributed by atoms with Crippen molar-refractivity contribution in [3.63, 3.8) is 0 Å². The smallest absolute Gasteiger partial charge is 0.179 e. The van der Waals surface area contributed by atoms with Crippen LogP contribution in [0.25, 0.3) is 0 Å². The zero-order chi connectivity index (χ0) is 10.0. The van der Waals surface area contributed by atoms with E-state index in [-0.39, 0.29) is 16.6 Å². The maximum absolute atomic E-state index is 13.0. The molecule has 0 unspecified atom stereocenters. The van der Waals surface area contributed by atoms with Gasteiger partial charge < -0.3 is 5.73 Å². The average Bonchev–Trinajstić information content (AvgIpc) is 2.13. The molecule has 0 spiro atoms. The van der Waals surface area contributed by atoms with Gasteiger partial charge in [0.05, 0.1) is 16.6 Å². The molecule has 0 bridgehead atoms. The van der Waals surface area contributed by atoms with Crippen LogP contribution in [0.2, 0.25) is 0 Å². The highest BCUT2D eigenvalue weighted by Crippen LogP contribution is 2.20. The van der Waals surface area contributed by atoms with Crippen LogP contribution in [-0.4, -0.2) is 12.3 Å². The normalized spacial score (nSPS) is 10.2. The number of carbonyl (C=O) groups is 1. The van der Waals surface area contributed by atoms with E-state index < -0.39 is 17.4 Å². The third-order valence-electron chi connectivity index (χ3n) is 1.52. The maximum Gasteiger partial charge on any atom is 0.179 e. The second kappa shape index (κ2) is 3.93. The molecular formula is C8H6BrF2NO. The fraction of sp³-hybridized carbons (Fsp3) is 0.125. The first-order valence-electron chi connectivity index (χ1n) is 3.44. The summed E-state index contributed by atoms with van der Waals surface area (Å²) in [7, 11) is 0. The van der Waals surface area contributed by atoms with Crippen LogP contribution in [0.1, 0.15) is 10.4 Å². The van der Waals surface area contributed by atoms with E-state index in [1.165, 1.54) is 12.1 Å². The monoisotopic (exact) mass is 249 g/mol. The molecule has 0 amide bonds. The molecule has 1 aromatic rings. The molecule has 0 heterocycles. The van der Waals surface area contributed by atoms with E-state index in [1.54, 1.807) is 0 Å². The molecule has 0 aliphatic rings. The van der Waals surface area contributed by atoms with Crippen molar-refractivity contribution in [3.8, 4) is 0 Å². The van der Waals surface area contributed by atoms with Crippen LogP contribution >= 0.6 is 15.9 Å². The lowest BCUT2D eigenvalue weighted by molar-refractivity contribution is 0.0996. The summed E-state index contributed by atoms with van der Waals surface area (Å²) in [6.45, 7) is -0.335. The fourth-order valence-electron chi connectivity index (χ4n) is 0.851. The van der Waals surface area contributed by atoms with Crippen molar-refractivity contribution in [3.05, 3.63) is 33.8 Å². The molecule has 70 valence electrons. The van der Waals surface area contributed by atoms with Crippen molar-refractivity contribution >= 4 is 21.7 Å². The molecule has 0 radical (unpaired) electrons. The van der Waals surface area contributed by atoms with Gasteiger partial charge in [-0.15, -0.1) is 0 Å². The third kappa shape index (κ3) is 1.92. The van der Waals surface area contributed by atoms with Crippen molar-refractivity contribution in [2.45, 2.75) is 0 Å². The van der Waals surface area contributed by atoms with E-state index in [0.717, 1.165) is 0 Å². The first-order valence-corrected chi connectivity index (χ1v) is 4.24. The summed E-state index contributed by atoms with van der Waals surface area (Å²) in [4.78, 5) is 11.0. The standard InChI is InChI=1S/C8H6BrF2NO/c9-5-2-1-4(6(13)3-12)7(10)8(5)11/h1-2H,3,12H2. The first kappa shape index (κ1) is 10.3. The second-order valence-corrected chi connectivity index (χ2v) is 3.20. The van der Waals surface area contributed by atoms with Gasteiger partial charge in [0, 0.05) is 0 Å². The molecule has 1 rings (SSSR count). The van der Waals surface area contributed by atoms with Gasteiger partial charge in [0.15, 0.2) is 17.4 Å². The predicted molar refractivity (Wildman–Crippen MR) is 47.4 cm³/mol. The van der Waals surface area contributed by atoms with Crippen molar-refractivity contribution in [2.75, 3.05) is 6.54 Å². The Hall–Kier alpha value is -0.810. The van der Waals surface area contributed by atoms with Crippen molar-refractivity contribution in [2.24, 2.45) is 5.73 Å². The maximum atomic E-state index is 13.0. The van der Waals surface area contributed by atoms with Gasteiger partial charge >= 0.3 is 0 Å². The summed E-state index contributed by atoms with van der Waals surface area (Å²) >= 11 is 2.79. The highest BCUT2D eigenvalue weighted by atomic mass is 79.9. The Bertz CT molecular complexity index is 354. The Balaban J connectivity index is 3.26. The molecule has 0 saturated heterocycles. The summed E-state index contributed by atoms with van der Waals surface area (Å²) in [6.07, 6.45) is 0. The molecule has 0 aliphatic carbocycles. The van der Waals surface area contributed by atoms with Crippen LogP contribution < -0.4 is 5.73 Å². The number of Topliss-reactive ketones (excluding diaryl/α,β-unsaturated/α-hetero) is 1. The Morgan fingerprint density at radius 1 is 1.38 bits per heavy atom. The molecule has 2 N–H and O–H groups in total. The Labute approximate surface area is 81.9 Å². The highest BCUT2D eigenvalue weighted by molar-refractivity contribution is 9.10. The second-order valence-electron chi connectivity index (χ2n) is 2.35. The number of hydrogen-bond donors (Lipinski definition) is 1. The van der Waals surface area contributed by atoms with Crippen molar-refractivity contribution < 1.29 is 13.6 Å². The van der Waals surface area contributed by atoms with E-state index in [4.69, 9.17) is 5.73 Å². The Kier molecular flexibility index (Phi) is 3.11. The van der Waals surface area contributed by atoms with Crippen molar-refractivity contribution in [1.29, 1.82) is 0 Å². The molecule has 2 nitrogen and oxygen atoms in total.